The number of amides is 2. The van der Waals surface area contributed by atoms with Crippen LogP contribution in [0, 0.1) is 0 Å². The van der Waals surface area contributed by atoms with Gasteiger partial charge < -0.3 is 24.8 Å². The average molecular weight is 298 g/mol. The Morgan fingerprint density at radius 2 is 1.67 bits per heavy atom. The van der Waals surface area contributed by atoms with E-state index in [2.05, 4.69) is 22.0 Å². The van der Waals surface area contributed by atoms with Gasteiger partial charge in [-0.1, -0.05) is 6.92 Å². The van der Waals surface area contributed by atoms with E-state index in [4.69, 9.17) is 4.74 Å². The van der Waals surface area contributed by atoms with Crippen LogP contribution >= 0.6 is 0 Å². The summed E-state index contributed by atoms with van der Waals surface area (Å²) in [6.45, 7) is 12.9. The summed E-state index contributed by atoms with van der Waals surface area (Å²) in [5.41, 5.74) is 0. The number of nitrogens with zero attached hydrogens (tertiary/aromatic N) is 3. The van der Waals surface area contributed by atoms with Crippen LogP contribution in [0.1, 0.15) is 19.8 Å². The Balaban J connectivity index is 1.47. The molecular weight excluding hydrogens is 268 g/mol. The number of hydrogen-bond donors (Lipinski definition) is 1. The van der Waals surface area contributed by atoms with Gasteiger partial charge in [-0.2, -0.15) is 0 Å². The molecule has 122 valence electrons. The van der Waals surface area contributed by atoms with Gasteiger partial charge in [0.25, 0.3) is 0 Å². The summed E-state index contributed by atoms with van der Waals surface area (Å²) in [5, 5.41) is 3.01. The highest BCUT2D eigenvalue weighted by atomic mass is 16.5. The fourth-order valence-corrected chi connectivity index (χ4v) is 2.86. The molecule has 0 spiro atoms. The quantitative estimate of drug-likeness (QED) is 0.723. The fraction of sp³-hybridized carbons (Fsp3) is 0.933. The van der Waals surface area contributed by atoms with Crippen LogP contribution in [0.5, 0.6) is 0 Å². The van der Waals surface area contributed by atoms with Crippen LogP contribution in [0.15, 0.2) is 0 Å². The number of piperazine rings is 1. The van der Waals surface area contributed by atoms with E-state index in [1.54, 1.807) is 0 Å². The van der Waals surface area contributed by atoms with Gasteiger partial charge in [0.05, 0.1) is 13.2 Å². The smallest absolute Gasteiger partial charge is 0.317 e. The van der Waals surface area contributed by atoms with Gasteiger partial charge in [0.15, 0.2) is 0 Å². The van der Waals surface area contributed by atoms with E-state index in [9.17, 15) is 4.79 Å². The maximum Gasteiger partial charge on any atom is 0.317 e. The van der Waals surface area contributed by atoms with Crippen molar-refractivity contribution in [3.8, 4) is 0 Å². The number of rotatable bonds is 6. The molecule has 0 aromatic heterocycles. The number of carbonyl (C=O) groups is 1. The number of ether oxygens (including phenoxy) is 1. The molecule has 1 N–H and O–H groups in total. The lowest BCUT2D eigenvalue weighted by atomic mass is 10.2. The summed E-state index contributed by atoms with van der Waals surface area (Å²) >= 11 is 0. The molecular formula is C15H30N4O2. The van der Waals surface area contributed by atoms with Crippen molar-refractivity contribution in [2.75, 3.05) is 72.1 Å². The second-order valence-electron chi connectivity index (χ2n) is 5.81. The number of likely N-dealkylation sites (N-methyl/N-ethyl adjacent to an activating group) is 1. The zero-order chi connectivity index (χ0) is 14.9. The van der Waals surface area contributed by atoms with Crippen molar-refractivity contribution in [2.45, 2.75) is 19.8 Å². The Hall–Kier alpha value is -0.850. The van der Waals surface area contributed by atoms with Crippen molar-refractivity contribution in [1.29, 1.82) is 0 Å². The third-order valence-electron chi connectivity index (χ3n) is 4.39. The number of unbranched alkanes of at least 4 members (excludes halogenated alkanes) is 1. The molecule has 0 saturated carbocycles. The first-order valence-electron chi connectivity index (χ1n) is 8.35. The number of morpholine rings is 1. The summed E-state index contributed by atoms with van der Waals surface area (Å²) in [6, 6.07) is 0.0647. The third kappa shape index (κ3) is 5.80. The van der Waals surface area contributed by atoms with Crippen LogP contribution in [-0.2, 0) is 4.74 Å². The van der Waals surface area contributed by atoms with Gasteiger partial charge in [0.1, 0.15) is 0 Å². The molecule has 0 aromatic carbocycles. The molecule has 2 saturated heterocycles. The Morgan fingerprint density at radius 1 is 1.00 bits per heavy atom. The third-order valence-corrected chi connectivity index (χ3v) is 4.39. The molecule has 0 radical (unpaired) electrons. The van der Waals surface area contributed by atoms with Gasteiger partial charge in [-0.25, -0.2) is 4.79 Å². The largest absolute Gasteiger partial charge is 0.378 e. The summed E-state index contributed by atoms with van der Waals surface area (Å²) in [6.07, 6.45) is 2.22. The van der Waals surface area contributed by atoms with Gasteiger partial charge >= 0.3 is 6.03 Å². The first-order chi connectivity index (χ1) is 10.3. The van der Waals surface area contributed by atoms with Crippen LogP contribution in [-0.4, -0.2) is 92.8 Å². The summed E-state index contributed by atoms with van der Waals surface area (Å²) in [5.74, 6) is 0. The zero-order valence-electron chi connectivity index (χ0n) is 13.4. The first-order valence-corrected chi connectivity index (χ1v) is 8.35. The average Bonchev–Trinajstić information content (AvgIpc) is 2.55. The predicted molar refractivity (Wildman–Crippen MR) is 83.6 cm³/mol. The van der Waals surface area contributed by atoms with Crippen molar-refractivity contribution in [3.63, 3.8) is 0 Å². The normalized spacial score (nSPS) is 21.5. The topological polar surface area (TPSA) is 48.0 Å². The monoisotopic (exact) mass is 298 g/mol. The highest BCUT2D eigenvalue weighted by molar-refractivity contribution is 5.74. The molecule has 2 amide bonds. The number of urea groups is 1. The Kier molecular flexibility index (Phi) is 7.26. The molecule has 0 unspecified atom stereocenters. The summed E-state index contributed by atoms with van der Waals surface area (Å²) in [4.78, 5) is 18.8. The second kappa shape index (κ2) is 9.23. The zero-order valence-corrected chi connectivity index (χ0v) is 13.4. The van der Waals surface area contributed by atoms with Gasteiger partial charge in [0, 0.05) is 45.8 Å². The minimum atomic E-state index is 0.0647. The van der Waals surface area contributed by atoms with Crippen LogP contribution in [0.2, 0.25) is 0 Å². The lowest BCUT2D eigenvalue weighted by Crippen LogP contribution is -2.47. The molecule has 0 bridgehead atoms. The van der Waals surface area contributed by atoms with Crippen LogP contribution in [0.3, 0.4) is 0 Å². The van der Waals surface area contributed by atoms with E-state index in [0.29, 0.717) is 26.3 Å². The molecule has 2 fully saturated rings. The molecule has 6 nitrogen and oxygen atoms in total. The van der Waals surface area contributed by atoms with E-state index in [-0.39, 0.29) is 6.03 Å². The molecule has 2 rings (SSSR count). The molecule has 6 heteroatoms. The SMILES string of the molecule is CCN1CCN(CCCCNC(=O)N2CCOCC2)CC1. The molecule has 0 aromatic rings. The molecule has 0 aliphatic carbocycles. The van der Waals surface area contributed by atoms with E-state index >= 15 is 0 Å². The van der Waals surface area contributed by atoms with Gasteiger partial charge in [0.2, 0.25) is 0 Å². The Labute approximate surface area is 128 Å². The second-order valence-corrected chi connectivity index (χ2v) is 5.81. The van der Waals surface area contributed by atoms with Crippen molar-refractivity contribution >= 4 is 6.03 Å². The van der Waals surface area contributed by atoms with Crippen molar-refractivity contribution in [3.05, 3.63) is 0 Å². The minimum Gasteiger partial charge on any atom is -0.378 e. The maximum absolute atomic E-state index is 11.9. The molecule has 2 aliphatic heterocycles. The first kappa shape index (κ1) is 16.5. The van der Waals surface area contributed by atoms with E-state index < -0.39 is 0 Å². The van der Waals surface area contributed by atoms with E-state index in [1.807, 2.05) is 4.90 Å². The summed E-state index contributed by atoms with van der Waals surface area (Å²) < 4.78 is 5.25. The van der Waals surface area contributed by atoms with Crippen molar-refractivity contribution in [1.82, 2.24) is 20.0 Å². The van der Waals surface area contributed by atoms with E-state index in [1.165, 1.54) is 32.7 Å². The van der Waals surface area contributed by atoms with Crippen molar-refractivity contribution in [2.24, 2.45) is 0 Å². The highest BCUT2D eigenvalue weighted by Gasteiger charge is 2.16. The lowest BCUT2D eigenvalue weighted by Gasteiger charge is -2.34. The highest BCUT2D eigenvalue weighted by Crippen LogP contribution is 2.03. The van der Waals surface area contributed by atoms with Crippen LogP contribution in [0.4, 0.5) is 4.79 Å². The van der Waals surface area contributed by atoms with Crippen LogP contribution < -0.4 is 5.32 Å². The lowest BCUT2D eigenvalue weighted by molar-refractivity contribution is 0.0532. The molecule has 21 heavy (non-hydrogen) atoms. The van der Waals surface area contributed by atoms with Gasteiger partial charge in [-0.05, 0) is 25.9 Å². The predicted octanol–water partition coefficient (Wildman–Crippen LogP) is 0.446. The summed E-state index contributed by atoms with van der Waals surface area (Å²) in [7, 11) is 0. The number of hydrogen-bond acceptors (Lipinski definition) is 4. The van der Waals surface area contributed by atoms with E-state index in [0.717, 1.165) is 25.9 Å². The van der Waals surface area contributed by atoms with Crippen molar-refractivity contribution < 1.29 is 9.53 Å². The fourth-order valence-electron chi connectivity index (χ4n) is 2.86. The number of carbonyl (C=O) groups excluding carboxylic acids is 1. The Bertz CT molecular complexity index is 300. The molecule has 2 aliphatic rings. The van der Waals surface area contributed by atoms with Crippen LogP contribution in [0.25, 0.3) is 0 Å². The standard InChI is InChI=1S/C15H30N4O2/c1-2-17-7-9-18(10-8-17)6-4-3-5-16-15(20)19-11-13-21-14-12-19/h2-14H2,1H3,(H,16,20). The van der Waals surface area contributed by atoms with Gasteiger partial charge in [-0.15, -0.1) is 0 Å². The maximum atomic E-state index is 11.9. The number of nitrogens with one attached hydrogen (secondary N) is 1. The molecule has 2 heterocycles. The molecule has 0 atom stereocenters. The van der Waals surface area contributed by atoms with Gasteiger partial charge in [-0.3, -0.25) is 0 Å². The minimum absolute atomic E-state index is 0.0647. The Morgan fingerprint density at radius 3 is 2.33 bits per heavy atom.